The van der Waals surface area contributed by atoms with E-state index in [2.05, 4.69) is 5.32 Å². The third-order valence-corrected chi connectivity index (χ3v) is 3.54. The van der Waals surface area contributed by atoms with Gasteiger partial charge < -0.3 is 10.1 Å². The molecule has 0 fully saturated rings. The van der Waals surface area contributed by atoms with Gasteiger partial charge in [0.1, 0.15) is 5.75 Å². The quantitative estimate of drug-likeness (QED) is 0.641. The second kappa shape index (κ2) is 7.55. The zero-order chi connectivity index (χ0) is 15.1. The molecule has 0 spiro atoms. The fourth-order valence-electron chi connectivity index (χ4n) is 1.79. The third-order valence-electron chi connectivity index (χ3n) is 2.88. The molecule has 0 saturated heterocycles. The van der Waals surface area contributed by atoms with E-state index < -0.39 is 0 Å². The molecule has 2 rings (SSSR count). The molecule has 0 unspecified atom stereocenters. The molecular weight excluding hydrogens is 282 g/mol. The molecule has 3 nitrogen and oxygen atoms in total. The second-order valence-electron chi connectivity index (χ2n) is 4.30. The Labute approximate surface area is 129 Å². The van der Waals surface area contributed by atoms with Crippen LogP contribution in [-0.4, -0.2) is 19.1 Å². The molecule has 0 aromatic heterocycles. The summed E-state index contributed by atoms with van der Waals surface area (Å²) in [4.78, 5) is 12.2. The van der Waals surface area contributed by atoms with Crippen molar-refractivity contribution in [3.05, 3.63) is 71.3 Å². The first-order chi connectivity index (χ1) is 10.2. The zero-order valence-electron chi connectivity index (χ0n) is 12.0. The molecule has 0 radical (unpaired) electrons. The van der Waals surface area contributed by atoms with Crippen LogP contribution >= 0.6 is 11.8 Å². The molecule has 0 heterocycles. The molecule has 108 valence electrons. The van der Waals surface area contributed by atoms with Gasteiger partial charge in [-0.3, -0.25) is 4.79 Å². The Kier molecular flexibility index (Phi) is 5.46. The molecule has 0 saturated carbocycles. The highest BCUT2D eigenvalue weighted by Crippen LogP contribution is 2.22. The molecule has 2 aromatic rings. The summed E-state index contributed by atoms with van der Waals surface area (Å²) in [6.07, 6.45) is 3.54. The summed E-state index contributed by atoms with van der Waals surface area (Å²) >= 11 is 1.49. The minimum Gasteiger partial charge on any atom is -0.497 e. The van der Waals surface area contributed by atoms with Crippen molar-refractivity contribution >= 4 is 23.2 Å². The highest BCUT2D eigenvalue weighted by atomic mass is 32.2. The van der Waals surface area contributed by atoms with E-state index in [1.54, 1.807) is 13.2 Å². The number of nitrogens with one attached hydrogen (secondary N) is 1. The molecule has 1 N–H and O–H groups in total. The first kappa shape index (κ1) is 15.2. The maximum absolute atomic E-state index is 12.2. The van der Waals surface area contributed by atoms with Gasteiger partial charge in [0.15, 0.2) is 5.78 Å². The molecule has 0 amide bonds. The van der Waals surface area contributed by atoms with Crippen LogP contribution in [0.5, 0.6) is 5.75 Å². The van der Waals surface area contributed by atoms with Gasteiger partial charge in [-0.25, -0.2) is 0 Å². The van der Waals surface area contributed by atoms with E-state index >= 15 is 0 Å². The van der Waals surface area contributed by atoms with E-state index in [4.69, 9.17) is 4.74 Å². The van der Waals surface area contributed by atoms with Crippen LogP contribution in [0.4, 0.5) is 5.69 Å². The number of hydrogen-bond donors (Lipinski definition) is 1. The molecule has 0 aliphatic carbocycles. The van der Waals surface area contributed by atoms with E-state index in [-0.39, 0.29) is 5.78 Å². The van der Waals surface area contributed by atoms with Crippen molar-refractivity contribution in [1.82, 2.24) is 0 Å². The number of ether oxygens (including phenoxy) is 1. The SMILES string of the molecule is COc1cccc(N/C(=C\C(=O)c2ccccc2)SC)c1. The first-order valence-electron chi connectivity index (χ1n) is 6.49. The van der Waals surface area contributed by atoms with Crippen molar-refractivity contribution in [2.45, 2.75) is 0 Å². The summed E-state index contributed by atoms with van der Waals surface area (Å²) in [5.41, 5.74) is 1.56. The Morgan fingerprint density at radius 2 is 1.90 bits per heavy atom. The Balaban J connectivity index is 2.15. The van der Waals surface area contributed by atoms with Crippen LogP contribution in [0.2, 0.25) is 0 Å². The molecule has 0 bridgehead atoms. The number of methoxy groups -OCH3 is 1. The number of ketones is 1. The minimum atomic E-state index is -0.0182. The Hall–Kier alpha value is -2.20. The van der Waals surface area contributed by atoms with Crippen molar-refractivity contribution in [3.8, 4) is 5.75 Å². The fourth-order valence-corrected chi connectivity index (χ4v) is 2.24. The van der Waals surface area contributed by atoms with E-state index in [0.717, 1.165) is 16.5 Å². The van der Waals surface area contributed by atoms with Crippen LogP contribution in [0, 0.1) is 0 Å². The number of allylic oxidation sites excluding steroid dienone is 1. The predicted octanol–water partition coefficient (Wildman–Crippen LogP) is 4.19. The summed E-state index contributed by atoms with van der Waals surface area (Å²) in [5, 5.41) is 4.02. The largest absolute Gasteiger partial charge is 0.497 e. The topological polar surface area (TPSA) is 38.3 Å². The average Bonchev–Trinajstić information content (AvgIpc) is 2.55. The number of thioether (sulfide) groups is 1. The standard InChI is InChI=1S/C17H17NO2S/c1-20-15-10-6-9-14(11-15)18-17(21-2)12-16(19)13-7-4-3-5-8-13/h3-12,18H,1-2H3/b17-12+. The van der Waals surface area contributed by atoms with Crippen molar-refractivity contribution in [1.29, 1.82) is 0 Å². The minimum absolute atomic E-state index is 0.0182. The summed E-state index contributed by atoms with van der Waals surface area (Å²) in [5.74, 6) is 0.755. The second-order valence-corrected chi connectivity index (χ2v) is 5.15. The molecule has 0 aliphatic rings. The lowest BCUT2D eigenvalue weighted by Crippen LogP contribution is -2.01. The van der Waals surface area contributed by atoms with Crippen LogP contribution in [0.1, 0.15) is 10.4 Å². The summed E-state index contributed by atoms with van der Waals surface area (Å²) < 4.78 is 5.19. The van der Waals surface area contributed by atoms with Crippen molar-refractivity contribution in [3.63, 3.8) is 0 Å². The smallest absolute Gasteiger partial charge is 0.188 e. The number of anilines is 1. The molecule has 2 aromatic carbocycles. The van der Waals surface area contributed by atoms with Crippen LogP contribution in [0.15, 0.2) is 65.7 Å². The molecule has 0 aliphatic heterocycles. The van der Waals surface area contributed by atoms with Gasteiger partial charge in [-0.1, -0.05) is 36.4 Å². The molecule has 4 heteroatoms. The summed E-state index contributed by atoms with van der Waals surface area (Å²) in [6.45, 7) is 0. The lowest BCUT2D eigenvalue weighted by molar-refractivity contribution is 0.104. The van der Waals surface area contributed by atoms with Crippen LogP contribution in [-0.2, 0) is 0 Å². The molecular formula is C17H17NO2S. The number of hydrogen-bond acceptors (Lipinski definition) is 4. The molecule has 21 heavy (non-hydrogen) atoms. The first-order valence-corrected chi connectivity index (χ1v) is 7.71. The van der Waals surface area contributed by atoms with Crippen LogP contribution in [0.3, 0.4) is 0 Å². The summed E-state index contributed by atoms with van der Waals surface area (Å²) in [6, 6.07) is 16.8. The molecule has 0 atom stereocenters. The maximum atomic E-state index is 12.2. The van der Waals surface area contributed by atoms with Gasteiger partial charge in [0, 0.05) is 23.4 Å². The van der Waals surface area contributed by atoms with Crippen molar-refractivity contribution in [2.75, 3.05) is 18.7 Å². The highest BCUT2D eigenvalue weighted by Gasteiger charge is 2.05. The van der Waals surface area contributed by atoms with E-state index in [0.29, 0.717) is 5.56 Å². The van der Waals surface area contributed by atoms with Gasteiger partial charge in [-0.2, -0.15) is 0 Å². The Morgan fingerprint density at radius 1 is 1.14 bits per heavy atom. The van der Waals surface area contributed by atoms with Gasteiger partial charge in [-0.05, 0) is 18.4 Å². The van der Waals surface area contributed by atoms with Crippen LogP contribution in [0.25, 0.3) is 0 Å². The fraction of sp³-hybridized carbons (Fsp3) is 0.118. The number of rotatable bonds is 6. The van der Waals surface area contributed by atoms with Crippen molar-refractivity contribution < 1.29 is 9.53 Å². The lowest BCUT2D eigenvalue weighted by atomic mass is 10.1. The van der Waals surface area contributed by atoms with E-state index in [1.165, 1.54) is 11.8 Å². The normalized spacial score (nSPS) is 11.0. The predicted molar refractivity (Wildman–Crippen MR) is 89.0 cm³/mol. The van der Waals surface area contributed by atoms with Gasteiger partial charge in [0.05, 0.1) is 12.1 Å². The third kappa shape index (κ3) is 4.39. The van der Waals surface area contributed by atoms with E-state index in [1.807, 2.05) is 60.9 Å². The number of carbonyl (C=O) groups is 1. The van der Waals surface area contributed by atoms with Gasteiger partial charge in [0.2, 0.25) is 0 Å². The summed E-state index contributed by atoms with van der Waals surface area (Å²) in [7, 11) is 1.63. The van der Waals surface area contributed by atoms with Crippen LogP contribution < -0.4 is 10.1 Å². The highest BCUT2D eigenvalue weighted by molar-refractivity contribution is 8.02. The monoisotopic (exact) mass is 299 g/mol. The maximum Gasteiger partial charge on any atom is 0.188 e. The average molecular weight is 299 g/mol. The number of carbonyl (C=O) groups excluding carboxylic acids is 1. The van der Waals surface area contributed by atoms with E-state index in [9.17, 15) is 4.79 Å². The van der Waals surface area contributed by atoms with Gasteiger partial charge in [-0.15, -0.1) is 11.8 Å². The number of benzene rings is 2. The lowest BCUT2D eigenvalue weighted by Gasteiger charge is -2.09. The zero-order valence-corrected chi connectivity index (χ0v) is 12.8. The van der Waals surface area contributed by atoms with Gasteiger partial charge in [0.25, 0.3) is 0 Å². The van der Waals surface area contributed by atoms with Crippen molar-refractivity contribution in [2.24, 2.45) is 0 Å². The van der Waals surface area contributed by atoms with Gasteiger partial charge >= 0.3 is 0 Å². The Morgan fingerprint density at radius 3 is 2.57 bits per heavy atom. The Bertz CT molecular complexity index is 638.